The third-order valence-electron chi connectivity index (χ3n) is 3.24. The smallest absolute Gasteiger partial charge is 0.340 e. The molecule has 0 aliphatic heterocycles. The number of hydrogen-bond acceptors (Lipinski definition) is 8. The summed E-state index contributed by atoms with van der Waals surface area (Å²) < 4.78 is 30.3. The first-order chi connectivity index (χ1) is 13.6. The van der Waals surface area contributed by atoms with Gasteiger partial charge >= 0.3 is 5.97 Å². The number of aldehydes is 2. The number of nitro benzene ring substituents is 2. The molecule has 0 aliphatic carbocycles. The fourth-order valence-corrected chi connectivity index (χ4v) is 2.26. The Bertz CT molecular complexity index is 1010. The molecule has 0 aliphatic rings. The fraction of sp³-hybridized carbons (Fsp3) is 0.0625. The van der Waals surface area contributed by atoms with Crippen LogP contribution >= 0.6 is 15.9 Å². The van der Waals surface area contributed by atoms with Gasteiger partial charge in [-0.25, -0.2) is 13.6 Å². The van der Waals surface area contributed by atoms with Crippen LogP contribution in [0.25, 0.3) is 0 Å². The van der Waals surface area contributed by atoms with Gasteiger partial charge < -0.3 is 4.74 Å². The minimum atomic E-state index is -1.11. The molecule has 0 aromatic heterocycles. The zero-order valence-electron chi connectivity index (χ0n) is 14.3. The van der Waals surface area contributed by atoms with Gasteiger partial charge in [-0.1, -0.05) is 0 Å². The van der Waals surface area contributed by atoms with E-state index < -0.39 is 44.4 Å². The van der Waals surface area contributed by atoms with Crippen molar-refractivity contribution in [2.75, 3.05) is 7.11 Å². The second-order valence-corrected chi connectivity index (χ2v) is 5.81. The van der Waals surface area contributed by atoms with Crippen molar-refractivity contribution >= 4 is 45.8 Å². The van der Waals surface area contributed by atoms with Crippen LogP contribution in [0.3, 0.4) is 0 Å². The van der Waals surface area contributed by atoms with Gasteiger partial charge in [0, 0.05) is 0 Å². The summed E-state index contributed by atoms with van der Waals surface area (Å²) >= 11 is 2.81. The van der Waals surface area contributed by atoms with E-state index in [1.54, 1.807) is 0 Å². The molecule has 0 heterocycles. The minimum Gasteiger partial charge on any atom is -0.465 e. The van der Waals surface area contributed by atoms with E-state index in [0.717, 1.165) is 19.2 Å². The molecular weight excluding hydrogens is 466 g/mol. The highest BCUT2D eigenvalue weighted by molar-refractivity contribution is 9.10. The van der Waals surface area contributed by atoms with Crippen molar-refractivity contribution in [2.45, 2.75) is 0 Å². The maximum Gasteiger partial charge on any atom is 0.340 e. The Morgan fingerprint density at radius 1 is 0.966 bits per heavy atom. The summed E-state index contributed by atoms with van der Waals surface area (Å²) in [5.41, 5.74) is -2.28. The van der Waals surface area contributed by atoms with Crippen molar-refractivity contribution in [1.82, 2.24) is 0 Å². The monoisotopic (exact) mass is 474 g/mol. The van der Waals surface area contributed by atoms with E-state index in [1.165, 1.54) is 0 Å². The van der Waals surface area contributed by atoms with Crippen molar-refractivity contribution in [1.29, 1.82) is 0 Å². The Labute approximate surface area is 168 Å². The number of carbonyl (C=O) groups excluding carboxylic acids is 3. The van der Waals surface area contributed by atoms with Gasteiger partial charge in [0.1, 0.15) is 11.6 Å². The van der Waals surface area contributed by atoms with E-state index >= 15 is 0 Å². The topological polar surface area (TPSA) is 147 Å². The van der Waals surface area contributed by atoms with Gasteiger partial charge in [0.25, 0.3) is 11.4 Å². The Hall–Kier alpha value is -3.61. The summed E-state index contributed by atoms with van der Waals surface area (Å²) in [7, 11) is 1.03. The number of nitro groups is 2. The van der Waals surface area contributed by atoms with Crippen LogP contribution < -0.4 is 0 Å². The average molecular weight is 475 g/mol. The third kappa shape index (κ3) is 5.68. The number of nitrogens with zero attached hydrogens (tertiary/aromatic N) is 2. The SMILES string of the molecule is COC(=O)c1cc(C=O)c([N+](=O)[O-])cc1F.O=Cc1cc(Br)c(F)cc1[N+](=O)[O-]. The first-order valence-corrected chi connectivity index (χ1v) is 7.96. The summed E-state index contributed by atoms with van der Waals surface area (Å²) in [6.07, 6.45) is 0.479. The lowest BCUT2D eigenvalue weighted by molar-refractivity contribution is -0.385. The van der Waals surface area contributed by atoms with Crippen LogP contribution in [0, 0.1) is 31.9 Å². The number of methoxy groups -OCH3 is 1. The quantitative estimate of drug-likeness (QED) is 0.276. The molecule has 0 N–H and O–H groups in total. The van der Waals surface area contributed by atoms with E-state index in [0.29, 0.717) is 18.4 Å². The first-order valence-electron chi connectivity index (χ1n) is 7.17. The van der Waals surface area contributed by atoms with Crippen LogP contribution in [0.15, 0.2) is 28.7 Å². The molecule has 29 heavy (non-hydrogen) atoms. The van der Waals surface area contributed by atoms with Gasteiger partial charge in [-0.05, 0) is 28.1 Å². The van der Waals surface area contributed by atoms with Crippen molar-refractivity contribution in [3.05, 3.63) is 77.3 Å². The Balaban J connectivity index is 0.000000296. The highest BCUT2D eigenvalue weighted by Crippen LogP contribution is 2.25. The van der Waals surface area contributed by atoms with Gasteiger partial charge in [0.2, 0.25) is 0 Å². The largest absolute Gasteiger partial charge is 0.465 e. The lowest BCUT2D eigenvalue weighted by atomic mass is 10.1. The van der Waals surface area contributed by atoms with Crippen LogP contribution in [-0.2, 0) is 4.74 Å². The van der Waals surface area contributed by atoms with Crippen LogP contribution in [0.4, 0.5) is 20.2 Å². The Morgan fingerprint density at radius 2 is 1.41 bits per heavy atom. The summed E-state index contributed by atoms with van der Waals surface area (Å²) in [6.45, 7) is 0. The highest BCUT2D eigenvalue weighted by atomic mass is 79.9. The molecule has 2 aromatic carbocycles. The number of halogens is 3. The predicted molar refractivity (Wildman–Crippen MR) is 95.9 cm³/mol. The van der Waals surface area contributed by atoms with Gasteiger partial charge in [-0.15, -0.1) is 0 Å². The van der Waals surface area contributed by atoms with E-state index in [-0.39, 0.29) is 21.9 Å². The molecule has 2 aromatic rings. The second kappa shape index (κ2) is 10.1. The molecule has 152 valence electrons. The molecule has 0 radical (unpaired) electrons. The molecule has 0 unspecified atom stereocenters. The minimum absolute atomic E-state index is 0.0280. The van der Waals surface area contributed by atoms with Crippen LogP contribution in [0.5, 0.6) is 0 Å². The van der Waals surface area contributed by atoms with Crippen molar-refractivity contribution < 1.29 is 37.7 Å². The molecule has 0 amide bonds. The maximum absolute atomic E-state index is 13.2. The maximum atomic E-state index is 13.2. The first kappa shape index (κ1) is 23.4. The number of rotatable bonds is 5. The summed E-state index contributed by atoms with van der Waals surface area (Å²) in [5, 5.41) is 20.8. The second-order valence-electron chi connectivity index (χ2n) is 4.96. The van der Waals surface area contributed by atoms with Crippen molar-refractivity contribution in [3.63, 3.8) is 0 Å². The zero-order valence-corrected chi connectivity index (χ0v) is 15.8. The fourth-order valence-electron chi connectivity index (χ4n) is 1.90. The average Bonchev–Trinajstić information content (AvgIpc) is 2.69. The molecule has 0 fully saturated rings. The Morgan fingerprint density at radius 3 is 1.83 bits per heavy atom. The normalized spacial score (nSPS) is 9.66. The lowest BCUT2D eigenvalue weighted by Crippen LogP contribution is -2.07. The van der Waals surface area contributed by atoms with Gasteiger partial charge in [0.05, 0.1) is 50.3 Å². The third-order valence-corrected chi connectivity index (χ3v) is 3.85. The van der Waals surface area contributed by atoms with Crippen LogP contribution in [0.1, 0.15) is 31.1 Å². The molecule has 13 heteroatoms. The van der Waals surface area contributed by atoms with Gasteiger partial charge in [-0.3, -0.25) is 29.8 Å². The standard InChI is InChI=1S/C9H6FNO5.C7H3BrFNO3/c1-16-9(13)6-2-5(4-12)8(11(14)15)3-7(6)10;8-5-1-4(3-11)7(10(12)13)2-6(5)9/h2-4H,1H3;1-3H. The molecule has 10 nitrogen and oxygen atoms in total. The van der Waals surface area contributed by atoms with E-state index in [1.807, 2.05) is 0 Å². The number of esters is 1. The number of hydrogen-bond donors (Lipinski definition) is 0. The van der Waals surface area contributed by atoms with E-state index in [9.17, 15) is 43.4 Å². The number of carbonyl (C=O) groups is 3. The summed E-state index contributed by atoms with van der Waals surface area (Å²) in [4.78, 5) is 51.0. The van der Waals surface area contributed by atoms with Gasteiger partial charge in [-0.2, -0.15) is 0 Å². The van der Waals surface area contributed by atoms with Crippen molar-refractivity contribution in [3.8, 4) is 0 Å². The molecule has 0 spiro atoms. The van der Waals surface area contributed by atoms with Gasteiger partial charge in [0.15, 0.2) is 12.6 Å². The van der Waals surface area contributed by atoms with E-state index in [4.69, 9.17) is 0 Å². The predicted octanol–water partition coefficient (Wildman–Crippen LogP) is 3.64. The van der Waals surface area contributed by atoms with Crippen molar-refractivity contribution in [2.24, 2.45) is 0 Å². The molecule has 0 bridgehead atoms. The van der Waals surface area contributed by atoms with Crippen LogP contribution in [-0.4, -0.2) is 35.5 Å². The molecule has 0 saturated heterocycles. The van der Waals surface area contributed by atoms with E-state index in [2.05, 4.69) is 20.7 Å². The molecular formula is C16H9BrF2N2O8. The Kier molecular flexibility index (Phi) is 8.14. The molecule has 2 rings (SSSR count). The zero-order chi connectivity index (χ0) is 22.3. The summed E-state index contributed by atoms with van der Waals surface area (Å²) in [5.74, 6) is -2.88. The lowest BCUT2D eigenvalue weighted by Gasteiger charge is -2.02. The van der Waals surface area contributed by atoms with Crippen LogP contribution in [0.2, 0.25) is 0 Å². The molecule has 0 atom stereocenters. The highest BCUT2D eigenvalue weighted by Gasteiger charge is 2.21. The number of ether oxygens (including phenoxy) is 1. The molecule has 0 saturated carbocycles. The number of benzene rings is 2. The summed E-state index contributed by atoms with van der Waals surface area (Å²) in [6, 6.07) is 3.07.